The van der Waals surface area contributed by atoms with Gasteiger partial charge in [0.15, 0.2) is 0 Å². The minimum Gasteiger partial charge on any atom is -0.174 e. The van der Waals surface area contributed by atoms with Gasteiger partial charge < -0.3 is 0 Å². The Labute approximate surface area is 241 Å². The van der Waals surface area contributed by atoms with Crippen LogP contribution in [-0.2, 0) is 10.8 Å². The first-order valence-electron chi connectivity index (χ1n) is 14.6. The van der Waals surface area contributed by atoms with Crippen LogP contribution in [0.1, 0.15) is 108 Å². The molecule has 2 aromatic carbocycles. The Bertz CT molecular complexity index is 990. The van der Waals surface area contributed by atoms with Crippen LogP contribution in [-0.4, -0.2) is 29.3 Å². The average molecular weight is 573 g/mol. The Morgan fingerprint density at radius 2 is 0.816 bits per heavy atom. The molecule has 0 spiro atoms. The fourth-order valence-corrected chi connectivity index (χ4v) is 15.7. The van der Waals surface area contributed by atoms with Gasteiger partial charge in [0.05, 0.1) is 10.6 Å². The fraction of sp³-hybridized carbons (Fsp3) is 0.600. The molecule has 0 unspecified atom stereocenters. The second-order valence-corrected chi connectivity index (χ2v) is 25.6. The molecular weight excluding hydrogens is 513 g/mol. The van der Waals surface area contributed by atoms with E-state index >= 15 is 0 Å². The predicted molar refractivity (Wildman–Crippen MR) is 187 cm³/mol. The summed E-state index contributed by atoms with van der Waals surface area (Å²) in [5, 5.41) is 6.22. The summed E-state index contributed by atoms with van der Waals surface area (Å²) in [4.78, 5) is 0. The Morgan fingerprint density at radius 3 is 1.03 bits per heavy atom. The Balaban J connectivity index is 2.99. The van der Waals surface area contributed by atoms with Crippen molar-refractivity contribution in [1.29, 1.82) is 0 Å². The smallest absolute Gasteiger partial charge is 0.0733 e. The molecule has 0 radical (unpaired) electrons. The van der Waals surface area contributed by atoms with Gasteiger partial charge in [-0.3, -0.25) is 0 Å². The monoisotopic (exact) mass is 572 g/mol. The molecule has 214 valence electrons. The molecule has 0 atom stereocenters. The van der Waals surface area contributed by atoms with E-state index in [1.54, 1.807) is 21.2 Å². The second kappa shape index (κ2) is 11.9. The molecule has 0 fully saturated rings. The molecule has 0 amide bonds. The predicted octanol–water partition coefficient (Wildman–Crippen LogP) is 9.85. The van der Waals surface area contributed by atoms with Crippen LogP contribution >= 0.6 is 22.4 Å². The molecule has 0 saturated carbocycles. The van der Waals surface area contributed by atoms with E-state index in [2.05, 4.69) is 140 Å². The minimum absolute atomic E-state index is 0.116. The summed E-state index contributed by atoms with van der Waals surface area (Å²) in [5.74, 6) is 0. The molecule has 0 aliphatic rings. The summed E-state index contributed by atoms with van der Waals surface area (Å²) in [6.07, 6.45) is 0. The lowest BCUT2D eigenvalue weighted by Gasteiger charge is -2.42. The zero-order valence-corrected chi connectivity index (χ0v) is 30.2. The van der Waals surface area contributed by atoms with Gasteiger partial charge in [0.25, 0.3) is 0 Å². The van der Waals surface area contributed by atoms with E-state index in [9.17, 15) is 0 Å². The lowest BCUT2D eigenvalue weighted by atomic mass is 9.87. The van der Waals surface area contributed by atoms with Gasteiger partial charge in [0, 0.05) is 33.2 Å². The molecule has 0 aliphatic heterocycles. The highest BCUT2D eigenvalue weighted by Gasteiger charge is 2.42. The molecule has 0 N–H and O–H groups in total. The van der Waals surface area contributed by atoms with Crippen molar-refractivity contribution in [1.82, 2.24) is 0 Å². The molecule has 2 rings (SSSR count). The zero-order chi connectivity index (χ0) is 29.6. The van der Waals surface area contributed by atoms with E-state index in [1.165, 1.54) is 11.1 Å². The molecule has 0 aliphatic carbocycles. The number of benzene rings is 2. The summed E-state index contributed by atoms with van der Waals surface area (Å²) in [5.41, 5.74) is 5.29. The first-order chi connectivity index (χ1) is 17.1. The fourth-order valence-electron chi connectivity index (χ4n) is 5.65. The van der Waals surface area contributed by atoms with Gasteiger partial charge in [-0.2, -0.15) is 13.3 Å². The van der Waals surface area contributed by atoms with E-state index in [0.29, 0.717) is 22.6 Å². The molecule has 3 heteroatoms. The van der Waals surface area contributed by atoms with E-state index in [0.717, 1.165) is 0 Å². The summed E-state index contributed by atoms with van der Waals surface area (Å²) in [7, 11) is -3.85. The largest absolute Gasteiger partial charge is 0.174 e. The number of hydrogen-bond acceptors (Lipinski definition) is 0. The van der Waals surface area contributed by atoms with Crippen molar-refractivity contribution in [3.63, 3.8) is 0 Å². The lowest BCUT2D eigenvalue weighted by molar-refractivity contribution is 0.590. The molecular formula is C35H59P3. The van der Waals surface area contributed by atoms with Crippen molar-refractivity contribution in [2.75, 3.05) is 6.66 Å². The van der Waals surface area contributed by atoms with Gasteiger partial charge in [-0.1, -0.05) is 80.3 Å². The number of rotatable bonds is 8. The van der Waals surface area contributed by atoms with Gasteiger partial charge in [-0.05, 0) is 104 Å². The Kier molecular flexibility index (Phi) is 10.6. The van der Waals surface area contributed by atoms with E-state index in [-0.39, 0.29) is 10.8 Å². The third kappa shape index (κ3) is 6.45. The van der Waals surface area contributed by atoms with Gasteiger partial charge >= 0.3 is 0 Å². The third-order valence-corrected chi connectivity index (χ3v) is 21.5. The SMILES string of the molecule is [CH2-][P+](c1cc(C(C)(C)C)ccc1P(C)c1ccc(C(C)(C)C)cc1[P+]([CH2-])(C(C)C)C(C)C)(C(C)C)C(C)C. The van der Waals surface area contributed by atoms with E-state index in [1.807, 2.05) is 0 Å². The maximum Gasteiger partial charge on any atom is 0.0733 e. The minimum atomic E-state index is -1.64. The molecule has 0 aromatic heterocycles. The normalized spacial score (nSPS) is 14.1. The van der Waals surface area contributed by atoms with Crippen molar-refractivity contribution < 1.29 is 0 Å². The van der Waals surface area contributed by atoms with E-state index < -0.39 is 22.4 Å². The zero-order valence-electron chi connectivity index (χ0n) is 27.5. The molecule has 2 aromatic rings. The first-order valence-corrected chi connectivity index (χ1v) is 20.6. The Morgan fingerprint density at radius 1 is 0.553 bits per heavy atom. The van der Waals surface area contributed by atoms with Gasteiger partial charge in [0.1, 0.15) is 0 Å². The molecule has 0 saturated heterocycles. The summed E-state index contributed by atoms with van der Waals surface area (Å²) >= 11 is 0. The van der Waals surface area contributed by atoms with Crippen LogP contribution < -0.4 is 21.2 Å². The van der Waals surface area contributed by atoms with Crippen LogP contribution in [0.15, 0.2) is 36.4 Å². The molecule has 38 heavy (non-hydrogen) atoms. The van der Waals surface area contributed by atoms with Crippen LogP contribution in [0.5, 0.6) is 0 Å². The molecule has 0 nitrogen and oxygen atoms in total. The second-order valence-electron chi connectivity index (χ2n) is 14.7. The van der Waals surface area contributed by atoms with Crippen molar-refractivity contribution >= 4 is 43.7 Å². The van der Waals surface area contributed by atoms with Gasteiger partial charge in [-0.15, -0.1) is 0 Å². The summed E-state index contributed by atoms with van der Waals surface area (Å²) in [6.45, 7) is 45.9. The highest BCUT2D eigenvalue weighted by Crippen LogP contribution is 2.66. The lowest BCUT2D eigenvalue weighted by Crippen LogP contribution is -2.40. The Hall–Kier alpha value is -0.270. The summed E-state index contributed by atoms with van der Waals surface area (Å²) < 4.78 is 0. The van der Waals surface area contributed by atoms with Crippen molar-refractivity contribution in [3.8, 4) is 0 Å². The van der Waals surface area contributed by atoms with E-state index in [4.69, 9.17) is 13.3 Å². The van der Waals surface area contributed by atoms with Crippen molar-refractivity contribution in [3.05, 3.63) is 60.9 Å². The van der Waals surface area contributed by atoms with Crippen LogP contribution in [0.25, 0.3) is 0 Å². The van der Waals surface area contributed by atoms with Crippen LogP contribution in [0, 0.1) is 13.3 Å². The van der Waals surface area contributed by atoms with Crippen molar-refractivity contribution in [2.45, 2.75) is 130 Å². The standard InChI is InChI=1S/C35H59P3/c1-24(2)37(16,25(3)4)32-22-28(34(9,10)11)18-20-30(32)36(15)31-21-19-29(35(12,13)14)23-33(31)38(17,26(5)6)27(7)8/h18-27H,16-17H2,1-15H3. The maximum atomic E-state index is 5.09. The first kappa shape index (κ1) is 33.9. The quantitative estimate of drug-likeness (QED) is 0.218. The molecule has 0 bridgehead atoms. The number of hydrogen-bond donors (Lipinski definition) is 0. The third-order valence-electron chi connectivity index (χ3n) is 8.99. The maximum absolute atomic E-state index is 5.09. The van der Waals surface area contributed by atoms with Crippen LogP contribution in [0.3, 0.4) is 0 Å². The van der Waals surface area contributed by atoms with Crippen LogP contribution in [0.4, 0.5) is 0 Å². The van der Waals surface area contributed by atoms with Crippen LogP contribution in [0.2, 0.25) is 0 Å². The van der Waals surface area contributed by atoms with Gasteiger partial charge in [0.2, 0.25) is 0 Å². The topological polar surface area (TPSA) is 0 Å². The highest BCUT2D eigenvalue weighted by atomic mass is 31.2. The highest BCUT2D eigenvalue weighted by molar-refractivity contribution is 7.89. The average Bonchev–Trinajstić information content (AvgIpc) is 2.79. The molecule has 0 heterocycles. The van der Waals surface area contributed by atoms with Gasteiger partial charge in [-0.25, -0.2) is 0 Å². The summed E-state index contributed by atoms with van der Waals surface area (Å²) in [6, 6.07) is 14.9. The van der Waals surface area contributed by atoms with Crippen molar-refractivity contribution in [2.24, 2.45) is 0 Å².